The van der Waals surface area contributed by atoms with Gasteiger partial charge in [0, 0.05) is 27.9 Å². The molecule has 3 aromatic rings. The van der Waals surface area contributed by atoms with Crippen LogP contribution in [0.15, 0.2) is 72.8 Å². The second-order valence-electron chi connectivity index (χ2n) is 13.2. The topological polar surface area (TPSA) is 75.7 Å². The van der Waals surface area contributed by atoms with E-state index in [0.717, 1.165) is 28.8 Å². The number of Topliss-reactive ketones (excluding diaryl/α,β-unsaturated/α-hetero) is 2. The van der Waals surface area contributed by atoms with E-state index in [1.54, 1.807) is 7.11 Å². The van der Waals surface area contributed by atoms with Crippen LogP contribution in [0.25, 0.3) is 6.08 Å². The molecule has 4 unspecified atom stereocenters. The summed E-state index contributed by atoms with van der Waals surface area (Å²) in [6, 6.07) is 19.6. The van der Waals surface area contributed by atoms with Gasteiger partial charge in [0.15, 0.2) is 11.6 Å². The number of ketones is 2. The van der Waals surface area contributed by atoms with Crippen molar-refractivity contribution in [3.05, 3.63) is 95.1 Å². The molecule has 0 radical (unpaired) electrons. The summed E-state index contributed by atoms with van der Waals surface area (Å²) in [7, 11) is 1.62. The number of fused-ring (bicyclic) bond motifs is 6. The summed E-state index contributed by atoms with van der Waals surface area (Å²) in [5.41, 5.74) is 2.73. The molecule has 1 saturated heterocycles. The Morgan fingerprint density at radius 2 is 1.74 bits per heavy atom. The fourth-order valence-electron chi connectivity index (χ4n) is 7.18. The minimum absolute atomic E-state index is 0.0756. The van der Waals surface area contributed by atoms with Crippen molar-refractivity contribution in [2.45, 2.75) is 58.5 Å². The van der Waals surface area contributed by atoms with Crippen LogP contribution in [0.1, 0.15) is 61.7 Å². The maximum atomic E-state index is 14.9. The predicted octanol–water partition coefficient (Wildman–Crippen LogP) is 6.48. The van der Waals surface area contributed by atoms with E-state index in [2.05, 4.69) is 19.2 Å². The molecule has 1 spiro atoms. The van der Waals surface area contributed by atoms with Gasteiger partial charge < -0.3 is 15.0 Å². The van der Waals surface area contributed by atoms with Crippen LogP contribution < -0.4 is 15.0 Å². The Labute approximate surface area is 247 Å². The number of amides is 1. The molecule has 4 atom stereocenters. The molecule has 1 amide bonds. The van der Waals surface area contributed by atoms with Crippen LogP contribution >= 0.6 is 0 Å². The quantitative estimate of drug-likeness (QED) is 0.348. The third-order valence-corrected chi connectivity index (χ3v) is 9.01. The van der Waals surface area contributed by atoms with Crippen molar-refractivity contribution < 1.29 is 19.1 Å². The van der Waals surface area contributed by atoms with Crippen LogP contribution in [0.2, 0.25) is 0 Å². The van der Waals surface area contributed by atoms with E-state index in [0.29, 0.717) is 22.9 Å². The fraction of sp³-hybridized carbons (Fsp3) is 0.361. The Bertz CT molecular complexity index is 1610. The zero-order valence-corrected chi connectivity index (χ0v) is 25.1. The number of benzene rings is 3. The number of para-hydroxylation sites is 1. The van der Waals surface area contributed by atoms with Crippen LogP contribution in [-0.4, -0.2) is 36.7 Å². The van der Waals surface area contributed by atoms with E-state index < -0.39 is 28.8 Å². The summed E-state index contributed by atoms with van der Waals surface area (Å²) >= 11 is 0. The highest BCUT2D eigenvalue weighted by Crippen LogP contribution is 2.58. The number of nitrogens with zero attached hydrogens (tertiary/aromatic N) is 1. The molecule has 1 N–H and O–H groups in total. The lowest BCUT2D eigenvalue weighted by molar-refractivity contribution is -0.128. The van der Waals surface area contributed by atoms with Gasteiger partial charge in [-0.25, -0.2) is 0 Å². The lowest BCUT2D eigenvalue weighted by Gasteiger charge is -2.38. The maximum Gasteiger partial charge on any atom is 0.238 e. The highest BCUT2D eigenvalue weighted by molar-refractivity contribution is 6.17. The highest BCUT2D eigenvalue weighted by atomic mass is 16.5. The van der Waals surface area contributed by atoms with Gasteiger partial charge in [0.25, 0.3) is 0 Å². The predicted molar refractivity (Wildman–Crippen MR) is 166 cm³/mol. The van der Waals surface area contributed by atoms with Crippen molar-refractivity contribution >= 4 is 34.9 Å². The first kappa shape index (κ1) is 28.0. The number of hydrogen-bond donors (Lipinski definition) is 1. The second kappa shape index (κ2) is 9.97. The molecule has 42 heavy (non-hydrogen) atoms. The Morgan fingerprint density at radius 3 is 2.40 bits per heavy atom. The minimum atomic E-state index is -1.30. The zero-order chi connectivity index (χ0) is 30.0. The molecule has 6 nitrogen and oxygen atoms in total. The first-order chi connectivity index (χ1) is 20.0. The van der Waals surface area contributed by atoms with Crippen LogP contribution in [0, 0.1) is 17.3 Å². The molecule has 1 fully saturated rings. The van der Waals surface area contributed by atoms with E-state index in [1.807, 2.05) is 105 Å². The lowest BCUT2D eigenvalue weighted by atomic mass is 9.63. The molecule has 3 aliphatic rings. The van der Waals surface area contributed by atoms with Crippen LogP contribution in [-0.2, 0) is 21.4 Å². The molecule has 0 aromatic heterocycles. The molecule has 216 valence electrons. The highest BCUT2D eigenvalue weighted by Gasteiger charge is 2.70. The van der Waals surface area contributed by atoms with Crippen molar-refractivity contribution in [3.8, 4) is 5.75 Å². The van der Waals surface area contributed by atoms with Crippen molar-refractivity contribution in [2.24, 2.45) is 17.3 Å². The van der Waals surface area contributed by atoms with E-state index in [9.17, 15) is 14.4 Å². The Hall–Kier alpha value is -4.19. The molecule has 3 heterocycles. The van der Waals surface area contributed by atoms with Crippen molar-refractivity contribution in [1.82, 2.24) is 0 Å². The number of ether oxygens (including phenoxy) is 1. The number of hydrogen-bond acceptors (Lipinski definition) is 5. The van der Waals surface area contributed by atoms with Crippen molar-refractivity contribution in [3.63, 3.8) is 0 Å². The molecule has 0 aliphatic carbocycles. The summed E-state index contributed by atoms with van der Waals surface area (Å²) in [4.78, 5) is 45.9. The van der Waals surface area contributed by atoms with Crippen molar-refractivity contribution in [1.29, 1.82) is 0 Å². The van der Waals surface area contributed by atoms with Crippen LogP contribution in [0.5, 0.6) is 5.75 Å². The molecule has 0 saturated carbocycles. The Morgan fingerprint density at radius 1 is 1.02 bits per heavy atom. The van der Waals surface area contributed by atoms with Gasteiger partial charge >= 0.3 is 0 Å². The average Bonchev–Trinajstić information content (AvgIpc) is 3.43. The second-order valence-corrected chi connectivity index (χ2v) is 13.2. The summed E-state index contributed by atoms with van der Waals surface area (Å²) < 4.78 is 5.49. The van der Waals surface area contributed by atoms with E-state index >= 15 is 0 Å². The summed E-state index contributed by atoms with van der Waals surface area (Å²) in [6.07, 6.45) is 4.89. The molecular formula is C36H38N2O4. The van der Waals surface area contributed by atoms with Gasteiger partial charge in [-0.1, -0.05) is 89.2 Å². The van der Waals surface area contributed by atoms with Gasteiger partial charge in [0.1, 0.15) is 17.2 Å². The van der Waals surface area contributed by atoms with Crippen LogP contribution in [0.4, 0.5) is 11.4 Å². The SMILES string of the molecule is COc1ccc2c(c1)C=CC1N2C(C(=O)C(C)(C)C)C(C(=O)c2ccc(CC(C)C)cc2)C12C(=O)Nc1ccccc12. The monoisotopic (exact) mass is 562 g/mol. The molecule has 6 heteroatoms. The average molecular weight is 563 g/mol. The standard InChI is InChI=1S/C36H38N2O4/c1-21(2)19-22-11-13-23(14-12-22)32(39)30-31(33(40)35(3,4)5)38-28-17-16-25(42-6)20-24(28)15-18-29(38)36(30)26-9-7-8-10-27(26)37-34(36)41/h7-18,20-21,29-31H,19H2,1-6H3,(H,37,41). The summed E-state index contributed by atoms with van der Waals surface area (Å²) in [5, 5.41) is 3.09. The summed E-state index contributed by atoms with van der Waals surface area (Å²) in [5.74, 6) is -0.293. The van der Waals surface area contributed by atoms with Gasteiger partial charge in [-0.3, -0.25) is 14.4 Å². The summed E-state index contributed by atoms with van der Waals surface area (Å²) in [6.45, 7) is 9.98. The number of carbonyl (C=O) groups excluding carboxylic acids is 3. The lowest BCUT2D eigenvalue weighted by Crippen LogP contribution is -2.51. The maximum absolute atomic E-state index is 14.9. The minimum Gasteiger partial charge on any atom is -0.497 e. The zero-order valence-electron chi connectivity index (χ0n) is 25.1. The molecule has 0 bridgehead atoms. The Kier molecular flexibility index (Phi) is 6.64. The number of anilines is 2. The van der Waals surface area contributed by atoms with Gasteiger partial charge in [0.2, 0.25) is 5.91 Å². The number of rotatable bonds is 6. The molecule has 3 aromatic carbocycles. The smallest absolute Gasteiger partial charge is 0.238 e. The molecule has 6 rings (SSSR count). The normalized spacial score (nSPS) is 23.9. The van der Waals surface area contributed by atoms with Gasteiger partial charge in [-0.05, 0) is 47.7 Å². The van der Waals surface area contributed by atoms with E-state index in [-0.39, 0.29) is 17.5 Å². The third kappa shape index (κ3) is 4.11. The first-order valence-corrected chi connectivity index (χ1v) is 14.7. The van der Waals surface area contributed by atoms with E-state index in [4.69, 9.17) is 4.74 Å². The fourth-order valence-corrected chi connectivity index (χ4v) is 7.18. The van der Waals surface area contributed by atoms with Gasteiger partial charge in [-0.2, -0.15) is 0 Å². The number of carbonyl (C=O) groups is 3. The number of methoxy groups -OCH3 is 1. The number of nitrogens with one attached hydrogen (secondary N) is 1. The molecular weight excluding hydrogens is 524 g/mol. The van der Waals surface area contributed by atoms with Gasteiger partial charge in [-0.15, -0.1) is 0 Å². The first-order valence-electron chi connectivity index (χ1n) is 14.7. The van der Waals surface area contributed by atoms with Crippen molar-refractivity contribution in [2.75, 3.05) is 17.3 Å². The van der Waals surface area contributed by atoms with E-state index in [1.165, 1.54) is 0 Å². The largest absolute Gasteiger partial charge is 0.497 e. The third-order valence-electron chi connectivity index (χ3n) is 9.01. The van der Waals surface area contributed by atoms with Crippen LogP contribution in [0.3, 0.4) is 0 Å². The molecule has 3 aliphatic heterocycles. The Balaban J connectivity index is 1.61. The van der Waals surface area contributed by atoms with Gasteiger partial charge in [0.05, 0.1) is 19.1 Å².